The highest BCUT2D eigenvalue weighted by molar-refractivity contribution is 7.92. The van der Waals surface area contributed by atoms with Crippen LogP contribution in [-0.2, 0) is 34.5 Å². The molecule has 216 valence electrons. The molecule has 0 radical (unpaired) electrons. The third-order valence-corrected chi connectivity index (χ3v) is 8.83. The fourth-order valence-electron chi connectivity index (χ4n) is 4.66. The lowest BCUT2D eigenvalue weighted by molar-refractivity contribution is -0.143. The number of nitrogens with zero attached hydrogens (tertiary/aromatic N) is 4. The van der Waals surface area contributed by atoms with Crippen LogP contribution in [0.15, 0.2) is 53.6 Å². The molecule has 14 heteroatoms. The molecule has 40 heavy (non-hydrogen) atoms. The highest BCUT2D eigenvalue weighted by Crippen LogP contribution is 2.34. The number of anilines is 1. The lowest BCUT2D eigenvalue weighted by Crippen LogP contribution is -2.39. The molecule has 0 aliphatic carbocycles. The number of benzene rings is 2. The number of rotatable bonds is 9. The maximum Gasteiger partial charge on any atom is 0.436 e. The van der Waals surface area contributed by atoms with Gasteiger partial charge in [0.1, 0.15) is 4.90 Å². The Labute approximate surface area is 240 Å². The van der Waals surface area contributed by atoms with Gasteiger partial charge in [-0.25, -0.2) is 8.42 Å². The summed E-state index contributed by atoms with van der Waals surface area (Å²) in [5, 5.41) is 4.01. The van der Waals surface area contributed by atoms with Gasteiger partial charge < -0.3 is 9.80 Å². The zero-order valence-corrected chi connectivity index (χ0v) is 24.1. The van der Waals surface area contributed by atoms with Gasteiger partial charge in [-0.2, -0.15) is 18.3 Å². The Morgan fingerprint density at radius 1 is 1.12 bits per heavy atom. The predicted octanol–water partition coefficient (Wildman–Crippen LogP) is 5.38. The number of sulfonamides is 1. The summed E-state index contributed by atoms with van der Waals surface area (Å²) in [4.78, 5) is 16.2. The number of hydrogen-bond donors (Lipinski definition) is 1. The van der Waals surface area contributed by atoms with Crippen molar-refractivity contribution in [3.05, 3.63) is 75.5 Å². The summed E-state index contributed by atoms with van der Waals surface area (Å²) in [6.45, 7) is 2.22. The number of aryl methyl sites for hydroxylation is 1. The minimum absolute atomic E-state index is 0.0613. The molecule has 1 aliphatic rings. The molecule has 3 aromatic rings. The minimum atomic E-state index is -4.95. The van der Waals surface area contributed by atoms with Gasteiger partial charge in [0.05, 0.1) is 22.5 Å². The van der Waals surface area contributed by atoms with Crippen LogP contribution in [0.1, 0.15) is 35.7 Å². The first-order valence-corrected chi connectivity index (χ1v) is 14.6. The molecule has 1 atom stereocenters. The topological polar surface area (TPSA) is 87.5 Å². The van der Waals surface area contributed by atoms with Gasteiger partial charge in [0.15, 0.2) is 5.69 Å². The van der Waals surface area contributed by atoms with Gasteiger partial charge in [-0.05, 0) is 61.3 Å². The van der Waals surface area contributed by atoms with Crippen LogP contribution in [0.2, 0.25) is 10.0 Å². The molecule has 1 aromatic heterocycles. The monoisotopic (exact) mass is 617 g/mol. The van der Waals surface area contributed by atoms with E-state index in [-0.39, 0.29) is 18.0 Å². The second-order valence-electron chi connectivity index (χ2n) is 9.70. The lowest BCUT2D eigenvalue weighted by atomic mass is 10.0. The van der Waals surface area contributed by atoms with Crippen molar-refractivity contribution in [2.75, 3.05) is 31.4 Å². The molecule has 0 spiro atoms. The molecule has 2 aromatic carbocycles. The van der Waals surface area contributed by atoms with Crippen LogP contribution in [0, 0.1) is 0 Å². The molecule has 1 amide bonds. The predicted molar refractivity (Wildman–Crippen MR) is 147 cm³/mol. The largest absolute Gasteiger partial charge is 0.436 e. The summed E-state index contributed by atoms with van der Waals surface area (Å²) in [7, 11) is -1.74. The number of aromatic nitrogens is 2. The standard InChI is InChI=1S/C26H28Cl2F3N5O3S/c1-34-16-23(25(32-34)26(29,30)31)40(38,39)33-19-7-5-6-18(14-19)22(15-36-10-3-4-11-36)35(2)24(37)13-17-8-9-20(27)21(28)12-17/h5-9,12,14,16,22,33H,3-4,10-11,13,15H2,1-2H3/t22-/m1/s1. The van der Waals surface area contributed by atoms with Crippen LogP contribution in [0.4, 0.5) is 18.9 Å². The maximum absolute atomic E-state index is 13.4. The number of nitrogens with one attached hydrogen (secondary N) is 1. The smallest absolute Gasteiger partial charge is 0.337 e. The zero-order valence-electron chi connectivity index (χ0n) is 21.8. The van der Waals surface area contributed by atoms with E-state index >= 15 is 0 Å². The molecule has 8 nitrogen and oxygen atoms in total. The normalized spacial score (nSPS) is 15.3. The molecule has 0 saturated carbocycles. The van der Waals surface area contributed by atoms with Crippen LogP contribution < -0.4 is 4.72 Å². The summed E-state index contributed by atoms with van der Waals surface area (Å²) >= 11 is 12.1. The number of hydrogen-bond acceptors (Lipinski definition) is 5. The average molecular weight is 619 g/mol. The molecule has 1 N–H and O–H groups in total. The molecular weight excluding hydrogens is 590 g/mol. The fraction of sp³-hybridized carbons (Fsp3) is 0.385. The molecule has 1 saturated heterocycles. The molecular formula is C26H28Cl2F3N5O3S. The number of likely N-dealkylation sites (N-methyl/N-ethyl adjacent to an activating group) is 1. The highest BCUT2D eigenvalue weighted by Gasteiger charge is 2.41. The Hall–Kier alpha value is -2.80. The van der Waals surface area contributed by atoms with E-state index in [1.165, 1.54) is 19.2 Å². The molecule has 1 aliphatic heterocycles. The van der Waals surface area contributed by atoms with Crippen molar-refractivity contribution >= 4 is 44.8 Å². The van der Waals surface area contributed by atoms with E-state index in [0.29, 0.717) is 27.7 Å². The molecule has 2 heterocycles. The first-order chi connectivity index (χ1) is 18.7. The van der Waals surface area contributed by atoms with Crippen molar-refractivity contribution in [3.63, 3.8) is 0 Å². The number of alkyl halides is 3. The summed E-state index contributed by atoms with van der Waals surface area (Å²) in [5.41, 5.74) is -0.131. The fourth-order valence-corrected chi connectivity index (χ4v) is 6.23. The van der Waals surface area contributed by atoms with Crippen molar-refractivity contribution in [2.45, 2.75) is 36.4 Å². The van der Waals surface area contributed by atoms with Crippen LogP contribution in [0.3, 0.4) is 0 Å². The van der Waals surface area contributed by atoms with E-state index in [1.54, 1.807) is 42.3 Å². The van der Waals surface area contributed by atoms with Crippen molar-refractivity contribution in [2.24, 2.45) is 7.05 Å². The van der Waals surface area contributed by atoms with Crippen molar-refractivity contribution in [3.8, 4) is 0 Å². The Balaban J connectivity index is 1.61. The quantitative estimate of drug-likeness (QED) is 0.348. The van der Waals surface area contributed by atoms with Gasteiger partial charge in [0.25, 0.3) is 10.0 Å². The number of carbonyl (C=O) groups is 1. The van der Waals surface area contributed by atoms with E-state index in [1.807, 2.05) is 0 Å². The molecule has 4 rings (SSSR count). The summed E-state index contributed by atoms with van der Waals surface area (Å²) in [6, 6.07) is 10.8. The summed E-state index contributed by atoms with van der Waals surface area (Å²) < 4.78 is 69.3. The second kappa shape index (κ2) is 12.0. The van der Waals surface area contributed by atoms with Crippen molar-refractivity contribution < 1.29 is 26.4 Å². The van der Waals surface area contributed by atoms with Crippen LogP contribution >= 0.6 is 23.2 Å². The Kier molecular flexibility index (Phi) is 9.03. The molecule has 1 fully saturated rings. The lowest BCUT2D eigenvalue weighted by Gasteiger charge is -2.32. The van der Waals surface area contributed by atoms with Gasteiger partial charge >= 0.3 is 6.18 Å². The Bertz CT molecular complexity index is 1490. The summed E-state index contributed by atoms with van der Waals surface area (Å²) in [5.74, 6) is -0.196. The van der Waals surface area contributed by atoms with Crippen molar-refractivity contribution in [1.29, 1.82) is 0 Å². The first kappa shape index (κ1) is 30.2. The Morgan fingerprint density at radius 3 is 2.48 bits per heavy atom. The minimum Gasteiger partial charge on any atom is -0.337 e. The van der Waals surface area contributed by atoms with Crippen LogP contribution in [0.25, 0.3) is 0 Å². The molecule has 0 unspecified atom stereocenters. The van der Waals surface area contributed by atoms with E-state index in [2.05, 4.69) is 14.7 Å². The van der Waals surface area contributed by atoms with E-state index in [4.69, 9.17) is 23.2 Å². The van der Waals surface area contributed by atoms with Gasteiger partial charge in [-0.15, -0.1) is 0 Å². The third kappa shape index (κ3) is 7.09. The third-order valence-electron chi connectivity index (χ3n) is 6.71. The second-order valence-corrected chi connectivity index (χ2v) is 12.2. The average Bonchev–Trinajstić information content (AvgIpc) is 3.54. The number of amides is 1. The van der Waals surface area contributed by atoms with Crippen LogP contribution in [-0.4, -0.2) is 60.6 Å². The van der Waals surface area contributed by atoms with E-state index < -0.39 is 32.8 Å². The summed E-state index contributed by atoms with van der Waals surface area (Å²) in [6.07, 6.45) is -2.02. The van der Waals surface area contributed by atoms with Gasteiger partial charge in [0.2, 0.25) is 5.91 Å². The van der Waals surface area contributed by atoms with E-state index in [9.17, 15) is 26.4 Å². The number of carbonyl (C=O) groups excluding carboxylic acids is 1. The van der Waals surface area contributed by atoms with Crippen molar-refractivity contribution in [1.82, 2.24) is 19.6 Å². The number of likely N-dealkylation sites (tertiary alicyclic amines) is 1. The van der Waals surface area contributed by atoms with Gasteiger partial charge in [-0.1, -0.05) is 41.4 Å². The Morgan fingerprint density at radius 2 is 1.82 bits per heavy atom. The zero-order chi connectivity index (χ0) is 29.2. The van der Waals surface area contributed by atoms with E-state index in [0.717, 1.165) is 36.8 Å². The SMILES string of the molecule is CN(C(=O)Cc1ccc(Cl)c(Cl)c1)[C@H](CN1CCCC1)c1cccc(NS(=O)(=O)c2cn(C)nc2C(F)(F)F)c1. The maximum atomic E-state index is 13.4. The highest BCUT2D eigenvalue weighted by atomic mass is 35.5. The van der Waals surface area contributed by atoms with Gasteiger partial charge in [0, 0.05) is 32.5 Å². The number of halogens is 5. The first-order valence-electron chi connectivity index (χ1n) is 12.4. The molecule has 0 bridgehead atoms. The van der Waals surface area contributed by atoms with Crippen LogP contribution in [0.5, 0.6) is 0 Å². The van der Waals surface area contributed by atoms with Gasteiger partial charge in [-0.3, -0.25) is 14.2 Å².